The molecule has 2 aromatic carbocycles. The van der Waals surface area contributed by atoms with Crippen LogP contribution in [0.4, 0.5) is 23.0 Å². The van der Waals surface area contributed by atoms with Gasteiger partial charge in [-0.1, -0.05) is 12.1 Å². The summed E-state index contributed by atoms with van der Waals surface area (Å²) in [5.74, 6) is 0.742. The smallest absolute Gasteiger partial charge is 0.245 e. The molecule has 0 unspecified atom stereocenters. The molecule has 0 saturated carbocycles. The maximum atomic E-state index is 9.07. The predicted octanol–water partition coefficient (Wildman–Crippen LogP) is 3.24. The summed E-state index contributed by atoms with van der Waals surface area (Å²) in [7, 11) is 0. The number of nitrogens with zero attached hydrogens (tertiary/aromatic N) is 6. The van der Waals surface area contributed by atoms with Crippen LogP contribution in [0, 0.1) is 22.7 Å². The second-order valence-corrected chi connectivity index (χ2v) is 5.47. The summed E-state index contributed by atoms with van der Waals surface area (Å²) in [6, 6.07) is 18.1. The van der Waals surface area contributed by atoms with E-state index in [-0.39, 0.29) is 11.3 Å². The van der Waals surface area contributed by atoms with E-state index >= 15 is 0 Å². The number of anilines is 4. The number of fused-ring (bicyclic) bond motifs is 1. The van der Waals surface area contributed by atoms with Crippen LogP contribution in [-0.2, 0) is 0 Å². The third kappa shape index (κ3) is 3.34. The van der Waals surface area contributed by atoms with Gasteiger partial charge < -0.3 is 10.6 Å². The Morgan fingerprint density at radius 2 is 1.22 bits per heavy atom. The minimum absolute atomic E-state index is 0.241. The summed E-state index contributed by atoms with van der Waals surface area (Å²) in [6.07, 6.45) is 0. The monoisotopic (exact) mass is 354 g/mol. The van der Waals surface area contributed by atoms with E-state index in [4.69, 9.17) is 10.5 Å². The quantitative estimate of drug-likeness (QED) is 0.565. The Hall–Kier alpha value is -4.50. The van der Waals surface area contributed by atoms with E-state index in [9.17, 15) is 0 Å². The number of rotatable bonds is 4. The number of nitriles is 2. The van der Waals surface area contributed by atoms with Crippen LogP contribution in [0.2, 0.25) is 0 Å². The van der Waals surface area contributed by atoms with Crippen molar-refractivity contribution in [3.05, 3.63) is 59.7 Å². The first-order valence-electron chi connectivity index (χ1n) is 7.80. The molecule has 0 bridgehead atoms. The lowest BCUT2D eigenvalue weighted by Crippen LogP contribution is -2.03. The highest BCUT2D eigenvalue weighted by atomic mass is 16.6. The highest BCUT2D eigenvalue weighted by molar-refractivity contribution is 5.79. The zero-order chi connectivity index (χ0) is 18.6. The molecule has 2 heterocycles. The van der Waals surface area contributed by atoms with E-state index in [1.807, 2.05) is 0 Å². The number of hydrogen-bond acceptors (Lipinski definition) is 9. The van der Waals surface area contributed by atoms with Crippen molar-refractivity contribution >= 4 is 34.3 Å². The van der Waals surface area contributed by atoms with Crippen molar-refractivity contribution in [2.24, 2.45) is 0 Å². The number of hydrogen-bond donors (Lipinski definition) is 2. The third-order valence-corrected chi connectivity index (χ3v) is 3.62. The predicted molar refractivity (Wildman–Crippen MR) is 96.3 cm³/mol. The summed E-state index contributed by atoms with van der Waals surface area (Å²) in [5.41, 5.74) is 2.82. The summed E-state index contributed by atoms with van der Waals surface area (Å²) in [4.78, 5) is 8.75. The van der Waals surface area contributed by atoms with Crippen LogP contribution >= 0.6 is 0 Å². The van der Waals surface area contributed by atoms with Crippen LogP contribution < -0.4 is 10.6 Å². The molecule has 128 valence electrons. The van der Waals surface area contributed by atoms with Crippen LogP contribution in [0.15, 0.2) is 53.2 Å². The fourth-order valence-electron chi connectivity index (χ4n) is 2.42. The van der Waals surface area contributed by atoms with E-state index in [0.717, 1.165) is 0 Å². The van der Waals surface area contributed by atoms with Gasteiger partial charge in [-0.15, -0.1) is 0 Å². The van der Waals surface area contributed by atoms with Crippen molar-refractivity contribution in [1.29, 1.82) is 10.5 Å². The molecule has 0 amide bonds. The largest absolute Gasteiger partial charge is 0.337 e. The Balaban J connectivity index is 1.75. The fourth-order valence-corrected chi connectivity index (χ4v) is 2.42. The van der Waals surface area contributed by atoms with Gasteiger partial charge in [0.2, 0.25) is 11.3 Å². The van der Waals surface area contributed by atoms with Gasteiger partial charge in [0.25, 0.3) is 0 Å². The van der Waals surface area contributed by atoms with Gasteiger partial charge in [-0.2, -0.15) is 10.5 Å². The SMILES string of the molecule is N#Cc1cccc(Nc2nc3nonc3nc2Nc2cccc(C#N)c2)c1. The molecule has 0 atom stereocenters. The van der Waals surface area contributed by atoms with Crippen LogP contribution in [0.5, 0.6) is 0 Å². The zero-order valence-corrected chi connectivity index (χ0v) is 13.7. The molecule has 4 rings (SSSR count). The molecule has 0 saturated heterocycles. The Labute approximate surface area is 152 Å². The normalized spacial score (nSPS) is 10.1. The van der Waals surface area contributed by atoms with Crippen molar-refractivity contribution in [1.82, 2.24) is 20.3 Å². The Morgan fingerprint density at radius 3 is 1.67 bits per heavy atom. The average Bonchev–Trinajstić information content (AvgIpc) is 3.15. The van der Waals surface area contributed by atoms with Crippen molar-refractivity contribution in [3.8, 4) is 12.1 Å². The van der Waals surface area contributed by atoms with Crippen molar-refractivity contribution < 1.29 is 4.63 Å². The lowest BCUT2D eigenvalue weighted by Gasteiger charge is -2.12. The lowest BCUT2D eigenvalue weighted by molar-refractivity contribution is 0.314. The second kappa shape index (κ2) is 6.78. The van der Waals surface area contributed by atoms with Crippen LogP contribution in [0.1, 0.15) is 11.1 Å². The van der Waals surface area contributed by atoms with Gasteiger partial charge >= 0.3 is 0 Å². The lowest BCUT2D eigenvalue weighted by atomic mass is 10.2. The molecular formula is C18H10N8O. The molecule has 9 nitrogen and oxygen atoms in total. The summed E-state index contributed by atoms with van der Waals surface area (Å²) >= 11 is 0. The maximum Gasteiger partial charge on any atom is 0.245 e. The number of aromatic nitrogens is 4. The third-order valence-electron chi connectivity index (χ3n) is 3.62. The molecule has 0 aliphatic heterocycles. The average molecular weight is 354 g/mol. The zero-order valence-electron chi connectivity index (χ0n) is 13.7. The summed E-state index contributed by atoms with van der Waals surface area (Å²) in [6.45, 7) is 0. The van der Waals surface area contributed by atoms with Crippen molar-refractivity contribution in [3.63, 3.8) is 0 Å². The van der Waals surface area contributed by atoms with Gasteiger partial charge in [-0.25, -0.2) is 14.6 Å². The molecule has 2 aromatic heterocycles. The van der Waals surface area contributed by atoms with Crippen molar-refractivity contribution in [2.45, 2.75) is 0 Å². The van der Waals surface area contributed by atoms with Gasteiger partial charge in [0.15, 0.2) is 11.6 Å². The number of benzene rings is 2. The van der Waals surface area contributed by atoms with E-state index in [1.54, 1.807) is 48.5 Å². The first kappa shape index (κ1) is 16.0. The Morgan fingerprint density at radius 1 is 0.741 bits per heavy atom. The van der Waals surface area contributed by atoms with E-state index < -0.39 is 0 Å². The second-order valence-electron chi connectivity index (χ2n) is 5.47. The topological polar surface area (TPSA) is 136 Å². The van der Waals surface area contributed by atoms with Crippen LogP contribution in [0.25, 0.3) is 11.3 Å². The van der Waals surface area contributed by atoms with Gasteiger partial charge in [0, 0.05) is 11.4 Å². The highest BCUT2D eigenvalue weighted by Gasteiger charge is 2.14. The van der Waals surface area contributed by atoms with Crippen LogP contribution in [0.3, 0.4) is 0 Å². The van der Waals surface area contributed by atoms with E-state index in [1.165, 1.54) is 0 Å². The van der Waals surface area contributed by atoms with E-state index in [2.05, 4.69) is 47.7 Å². The van der Waals surface area contributed by atoms with Crippen LogP contribution in [-0.4, -0.2) is 20.3 Å². The molecule has 9 heteroatoms. The molecular weight excluding hydrogens is 344 g/mol. The van der Waals surface area contributed by atoms with Gasteiger partial charge in [0.1, 0.15) is 0 Å². The van der Waals surface area contributed by atoms with Crippen molar-refractivity contribution in [2.75, 3.05) is 10.6 Å². The molecule has 27 heavy (non-hydrogen) atoms. The van der Waals surface area contributed by atoms with E-state index in [0.29, 0.717) is 34.1 Å². The van der Waals surface area contributed by atoms with Gasteiger partial charge in [-0.3, -0.25) is 0 Å². The molecule has 2 N–H and O–H groups in total. The summed E-state index contributed by atoms with van der Waals surface area (Å²) < 4.78 is 4.68. The highest BCUT2D eigenvalue weighted by Crippen LogP contribution is 2.27. The minimum atomic E-state index is 0.241. The summed E-state index contributed by atoms with van der Waals surface area (Å²) in [5, 5.41) is 31.8. The minimum Gasteiger partial charge on any atom is -0.337 e. The molecule has 0 spiro atoms. The molecule has 0 fully saturated rings. The molecule has 0 radical (unpaired) electrons. The Kier molecular flexibility index (Phi) is 4.02. The Bertz CT molecular complexity index is 1120. The standard InChI is InChI=1S/C18H10N8O/c19-9-11-3-1-5-13(7-11)21-15-16(24-18-17(23-15)25-27-26-18)22-14-6-2-4-12(8-14)10-20/h1-8H,(H,21,23,25)(H,22,24,26). The maximum absolute atomic E-state index is 9.07. The first-order chi connectivity index (χ1) is 13.2. The number of nitrogens with one attached hydrogen (secondary N) is 2. The molecule has 0 aliphatic rings. The fraction of sp³-hybridized carbons (Fsp3) is 0. The van der Waals surface area contributed by atoms with Gasteiger partial charge in [-0.05, 0) is 46.7 Å². The first-order valence-corrected chi connectivity index (χ1v) is 7.80. The molecule has 4 aromatic rings. The molecule has 0 aliphatic carbocycles. The van der Waals surface area contributed by atoms with Gasteiger partial charge in [0.05, 0.1) is 23.3 Å².